The van der Waals surface area contributed by atoms with E-state index in [-0.39, 0.29) is 0 Å². The number of hydrogen-bond donors (Lipinski definition) is 0. The molecular weight excluding hydrogens is 156 g/mol. The van der Waals surface area contributed by atoms with Crippen LogP contribution in [0.5, 0.6) is 0 Å². The van der Waals surface area contributed by atoms with Gasteiger partial charge in [-0.15, -0.1) is 0 Å². The quantitative estimate of drug-likeness (QED) is 0.585. The van der Waals surface area contributed by atoms with Crippen LogP contribution in [0.25, 0.3) is 0 Å². The number of rotatable bonds is 3. The van der Waals surface area contributed by atoms with E-state index in [0.29, 0.717) is 10.9 Å². The van der Waals surface area contributed by atoms with Crippen LogP contribution in [0.2, 0.25) is 0 Å². The Morgan fingerprint density at radius 2 is 1.36 bits per heavy atom. The maximum Gasteiger partial charge on any atom is 0.159 e. The minimum Gasteiger partial charge on any atom is -0.361 e. The summed E-state index contributed by atoms with van der Waals surface area (Å²) in [6, 6.07) is 0. The Balaban J connectivity index is 4.33. The second kappa shape index (κ2) is 4.54. The maximum atomic E-state index is 2.28. The minimum atomic E-state index is 0.368. The first-order valence-electron chi connectivity index (χ1n) is 3.58. The minimum absolute atomic E-state index is 0.368. The van der Waals surface area contributed by atoms with E-state index in [2.05, 4.69) is 55.9 Å². The zero-order chi connectivity index (χ0) is 9.02. The zero-order valence-electron chi connectivity index (χ0n) is 8.38. The molecule has 0 atom stereocenters. The highest BCUT2D eigenvalue weighted by Crippen LogP contribution is 2.04. The van der Waals surface area contributed by atoms with E-state index in [4.69, 9.17) is 0 Å². The van der Waals surface area contributed by atoms with Gasteiger partial charge in [-0.1, -0.05) is 0 Å². The lowest BCUT2D eigenvalue weighted by atomic mass is 10.6. The molecule has 0 spiro atoms. The van der Waals surface area contributed by atoms with E-state index in [1.54, 1.807) is 0 Å². The summed E-state index contributed by atoms with van der Waals surface area (Å²) in [6.07, 6.45) is 4.43. The van der Waals surface area contributed by atoms with Crippen LogP contribution in [-0.2, 0) is 10.9 Å². The fraction of sp³-hybridized carbons (Fsp3) is 0.750. The van der Waals surface area contributed by atoms with Crippen molar-refractivity contribution in [3.63, 3.8) is 0 Å². The molecule has 66 valence electrons. The van der Waals surface area contributed by atoms with E-state index in [0.717, 1.165) is 0 Å². The Kier molecular flexibility index (Phi) is 4.42. The van der Waals surface area contributed by atoms with Gasteiger partial charge in [0.15, 0.2) is 11.2 Å². The third-order valence-corrected chi connectivity index (χ3v) is 1.94. The van der Waals surface area contributed by atoms with Gasteiger partial charge in [0.2, 0.25) is 0 Å². The second-order valence-corrected chi connectivity index (χ2v) is 5.14. The molecule has 0 unspecified atom stereocenters. The highest BCUT2D eigenvalue weighted by molar-refractivity contribution is 7.98. The molecule has 2 nitrogen and oxygen atoms in total. The molecule has 0 aliphatic carbocycles. The van der Waals surface area contributed by atoms with Crippen molar-refractivity contribution in [1.82, 2.24) is 9.80 Å². The van der Waals surface area contributed by atoms with Crippen molar-refractivity contribution in [1.29, 1.82) is 0 Å². The van der Waals surface area contributed by atoms with Crippen LogP contribution in [0.3, 0.4) is 0 Å². The van der Waals surface area contributed by atoms with Crippen LogP contribution >= 0.6 is 0 Å². The van der Waals surface area contributed by atoms with E-state index >= 15 is 0 Å². The van der Waals surface area contributed by atoms with Crippen molar-refractivity contribution >= 4 is 10.9 Å². The van der Waals surface area contributed by atoms with E-state index in [9.17, 15) is 0 Å². The summed E-state index contributed by atoms with van der Waals surface area (Å²) < 4.78 is 0. The topological polar surface area (TPSA) is 6.48 Å². The van der Waals surface area contributed by atoms with Gasteiger partial charge >= 0.3 is 0 Å². The predicted octanol–water partition coefficient (Wildman–Crippen LogP) is 0.786. The molecule has 0 saturated carbocycles. The van der Waals surface area contributed by atoms with Crippen LogP contribution in [0, 0.1) is 0 Å². The van der Waals surface area contributed by atoms with Gasteiger partial charge in [-0.05, 0) is 0 Å². The Morgan fingerprint density at radius 1 is 1.00 bits per heavy atom. The average Bonchev–Trinajstić information content (AvgIpc) is 1.81. The Morgan fingerprint density at radius 3 is 1.45 bits per heavy atom. The standard InChI is InChI=1S/C8H19N2S/c1-9(2)8(10(3)4)7-11(5)6/h7H,1-6H3/q+1. The summed E-state index contributed by atoms with van der Waals surface area (Å²) in [4.78, 5) is 4.26. The van der Waals surface area contributed by atoms with Gasteiger partial charge in [0.05, 0.1) is 0 Å². The van der Waals surface area contributed by atoms with E-state index in [1.165, 1.54) is 5.82 Å². The van der Waals surface area contributed by atoms with Crippen molar-refractivity contribution in [2.45, 2.75) is 0 Å². The maximum absolute atomic E-state index is 2.28. The first-order chi connectivity index (χ1) is 4.95. The van der Waals surface area contributed by atoms with Crippen LogP contribution in [0.4, 0.5) is 0 Å². The van der Waals surface area contributed by atoms with Crippen LogP contribution in [-0.4, -0.2) is 50.5 Å². The molecule has 0 amide bonds. The summed E-state index contributed by atoms with van der Waals surface area (Å²) >= 11 is 0. The molecule has 0 aliphatic heterocycles. The smallest absolute Gasteiger partial charge is 0.159 e. The molecule has 0 bridgehead atoms. The van der Waals surface area contributed by atoms with E-state index < -0.39 is 0 Å². The fourth-order valence-electron chi connectivity index (χ4n) is 0.822. The molecule has 0 aromatic rings. The van der Waals surface area contributed by atoms with Gasteiger partial charge in [-0.3, -0.25) is 0 Å². The highest BCUT2D eigenvalue weighted by Gasteiger charge is 2.07. The van der Waals surface area contributed by atoms with Crippen LogP contribution < -0.4 is 0 Å². The third-order valence-electron chi connectivity index (χ3n) is 1.26. The van der Waals surface area contributed by atoms with Gasteiger partial charge in [-0.25, -0.2) is 0 Å². The first kappa shape index (κ1) is 10.7. The normalized spacial score (nSPS) is 9.73. The molecule has 0 aliphatic rings. The van der Waals surface area contributed by atoms with Crippen molar-refractivity contribution < 1.29 is 0 Å². The molecule has 0 heterocycles. The molecule has 0 aromatic heterocycles. The van der Waals surface area contributed by atoms with E-state index in [1.807, 2.05) is 0 Å². The lowest BCUT2D eigenvalue weighted by molar-refractivity contribution is 0.344. The van der Waals surface area contributed by atoms with Crippen molar-refractivity contribution in [3.05, 3.63) is 11.2 Å². The number of nitrogens with zero attached hydrogens (tertiary/aromatic N) is 2. The molecule has 0 saturated heterocycles. The largest absolute Gasteiger partial charge is 0.361 e. The van der Waals surface area contributed by atoms with Gasteiger partial charge in [-0.2, -0.15) is 0 Å². The number of hydrogen-bond acceptors (Lipinski definition) is 2. The average molecular weight is 175 g/mol. The predicted molar refractivity (Wildman–Crippen MR) is 54.7 cm³/mol. The SMILES string of the molecule is CN(C)C(=C[S+](C)C)N(C)C. The first-order valence-corrected chi connectivity index (χ1v) is 5.68. The Hall–Kier alpha value is -0.310. The monoisotopic (exact) mass is 175 g/mol. The molecule has 0 radical (unpaired) electrons. The van der Waals surface area contributed by atoms with Crippen molar-refractivity contribution in [2.24, 2.45) is 0 Å². The summed E-state index contributed by atoms with van der Waals surface area (Å²) in [5, 5.41) is 2.28. The van der Waals surface area contributed by atoms with Gasteiger partial charge in [0.25, 0.3) is 0 Å². The molecule has 11 heavy (non-hydrogen) atoms. The van der Waals surface area contributed by atoms with Gasteiger partial charge in [0, 0.05) is 39.1 Å². The summed E-state index contributed by atoms with van der Waals surface area (Å²) in [6.45, 7) is 0. The molecular formula is C8H19N2S+. The lowest BCUT2D eigenvalue weighted by Crippen LogP contribution is -2.25. The molecule has 0 fully saturated rings. The molecule has 0 aromatic carbocycles. The zero-order valence-corrected chi connectivity index (χ0v) is 9.20. The molecule has 3 heteroatoms. The van der Waals surface area contributed by atoms with Gasteiger partial charge < -0.3 is 9.80 Å². The summed E-state index contributed by atoms with van der Waals surface area (Å²) in [5.74, 6) is 1.28. The summed E-state index contributed by atoms with van der Waals surface area (Å²) in [5.41, 5.74) is 0. The second-order valence-electron chi connectivity index (χ2n) is 3.14. The third kappa shape index (κ3) is 4.19. The Labute approximate surface area is 73.2 Å². The van der Waals surface area contributed by atoms with Crippen molar-refractivity contribution in [2.75, 3.05) is 40.7 Å². The van der Waals surface area contributed by atoms with Crippen molar-refractivity contribution in [3.8, 4) is 0 Å². The van der Waals surface area contributed by atoms with Gasteiger partial charge in [0.1, 0.15) is 12.5 Å². The lowest BCUT2D eigenvalue weighted by Gasteiger charge is -2.22. The fourth-order valence-corrected chi connectivity index (χ4v) is 1.66. The van der Waals surface area contributed by atoms with Crippen LogP contribution in [0.15, 0.2) is 11.2 Å². The van der Waals surface area contributed by atoms with Crippen LogP contribution in [0.1, 0.15) is 0 Å². The Bertz CT molecular complexity index is 129. The molecule has 0 N–H and O–H groups in total. The molecule has 0 rings (SSSR count). The highest BCUT2D eigenvalue weighted by atomic mass is 32.2. The summed E-state index contributed by atoms with van der Waals surface area (Å²) in [7, 11) is 8.64.